The third-order valence-electron chi connectivity index (χ3n) is 4.24. The van der Waals surface area contributed by atoms with Crippen LogP contribution in [-0.2, 0) is 0 Å². The van der Waals surface area contributed by atoms with Crippen LogP contribution >= 0.6 is 23.2 Å². The number of hydrogen-bond acceptors (Lipinski definition) is 5. The van der Waals surface area contributed by atoms with E-state index in [2.05, 4.69) is 15.2 Å². The van der Waals surface area contributed by atoms with E-state index in [0.29, 0.717) is 59.2 Å². The van der Waals surface area contributed by atoms with Crippen molar-refractivity contribution >= 4 is 34.9 Å². The van der Waals surface area contributed by atoms with Crippen molar-refractivity contribution in [3.8, 4) is 11.5 Å². The fourth-order valence-corrected chi connectivity index (χ4v) is 3.41. The maximum Gasteiger partial charge on any atom is 0.274 e. The van der Waals surface area contributed by atoms with Gasteiger partial charge in [0.05, 0.1) is 16.3 Å². The summed E-state index contributed by atoms with van der Waals surface area (Å²) >= 11 is 12.1. The van der Waals surface area contributed by atoms with E-state index in [1.165, 1.54) is 0 Å². The van der Waals surface area contributed by atoms with Crippen LogP contribution in [0.1, 0.15) is 10.5 Å². The molecule has 4 rings (SSSR count). The van der Waals surface area contributed by atoms with Crippen molar-refractivity contribution < 1.29 is 9.21 Å². The first kappa shape index (κ1) is 16.9. The van der Waals surface area contributed by atoms with E-state index in [-0.39, 0.29) is 5.91 Å². The van der Waals surface area contributed by atoms with E-state index in [0.717, 1.165) is 0 Å². The molecule has 1 fully saturated rings. The van der Waals surface area contributed by atoms with E-state index in [1.807, 2.05) is 11.0 Å². The molecule has 0 spiro atoms. The molecule has 0 radical (unpaired) electrons. The third-order valence-corrected chi connectivity index (χ3v) is 4.72. The highest BCUT2D eigenvalue weighted by Gasteiger charge is 2.25. The lowest BCUT2D eigenvalue weighted by molar-refractivity contribution is 0.0740. The Labute approximate surface area is 159 Å². The molecule has 0 saturated carbocycles. The van der Waals surface area contributed by atoms with Crippen LogP contribution < -0.4 is 4.90 Å². The maximum atomic E-state index is 12.7. The summed E-state index contributed by atoms with van der Waals surface area (Å²) in [5.41, 5.74) is 1.04. The van der Waals surface area contributed by atoms with Crippen LogP contribution in [-0.4, -0.2) is 52.2 Å². The van der Waals surface area contributed by atoms with Gasteiger partial charge >= 0.3 is 0 Å². The average Bonchev–Trinajstić information content (AvgIpc) is 3.33. The lowest BCUT2D eigenvalue weighted by atomic mass is 10.2. The Bertz CT molecular complexity index is 917. The summed E-state index contributed by atoms with van der Waals surface area (Å²) in [4.78, 5) is 20.8. The molecule has 1 aliphatic heterocycles. The number of hydrogen-bond donors (Lipinski definition) is 1. The highest BCUT2D eigenvalue weighted by atomic mass is 35.5. The third kappa shape index (κ3) is 3.27. The van der Waals surface area contributed by atoms with Crippen LogP contribution in [0, 0.1) is 0 Å². The molecule has 1 N–H and O–H groups in total. The maximum absolute atomic E-state index is 12.7. The summed E-state index contributed by atoms with van der Waals surface area (Å²) < 4.78 is 5.31. The highest BCUT2D eigenvalue weighted by molar-refractivity contribution is 6.36. The number of rotatable bonds is 3. The number of pyridine rings is 1. The van der Waals surface area contributed by atoms with Crippen LogP contribution in [0.15, 0.2) is 41.1 Å². The molecule has 7 nitrogen and oxygen atoms in total. The molecular formula is C17H15Cl2N5O2. The molecule has 0 bridgehead atoms. The molecule has 0 aromatic carbocycles. The molecule has 0 unspecified atom stereocenters. The first-order valence-electron chi connectivity index (χ1n) is 8.06. The van der Waals surface area contributed by atoms with Gasteiger partial charge in [-0.05, 0) is 18.2 Å². The zero-order valence-electron chi connectivity index (χ0n) is 13.7. The van der Waals surface area contributed by atoms with Gasteiger partial charge in [0.15, 0.2) is 11.5 Å². The van der Waals surface area contributed by atoms with Crippen LogP contribution in [0.5, 0.6) is 0 Å². The summed E-state index contributed by atoms with van der Waals surface area (Å²) in [5, 5.41) is 7.95. The molecule has 0 aliphatic carbocycles. The van der Waals surface area contributed by atoms with Crippen molar-refractivity contribution in [2.75, 3.05) is 31.1 Å². The van der Waals surface area contributed by atoms with Gasteiger partial charge in [-0.2, -0.15) is 5.10 Å². The summed E-state index contributed by atoms with van der Waals surface area (Å²) in [6.07, 6.45) is 3.15. The van der Waals surface area contributed by atoms with Gasteiger partial charge in [-0.1, -0.05) is 23.2 Å². The Morgan fingerprint density at radius 2 is 2.00 bits per heavy atom. The normalized spacial score (nSPS) is 14.7. The number of nitrogens with zero attached hydrogens (tertiary/aromatic N) is 4. The summed E-state index contributed by atoms with van der Waals surface area (Å²) in [6, 6.07) is 6.96. The summed E-state index contributed by atoms with van der Waals surface area (Å²) in [6.45, 7) is 2.38. The number of furan rings is 1. The molecular weight excluding hydrogens is 377 g/mol. The Balaban J connectivity index is 1.42. The molecule has 134 valence electrons. The van der Waals surface area contributed by atoms with Crippen LogP contribution in [0.25, 0.3) is 11.5 Å². The minimum Gasteiger partial charge on any atom is -0.463 e. The SMILES string of the molecule is O=C(c1cc(-c2ccco2)[nH]n1)N1CCN(c2ncc(Cl)cc2Cl)CC1. The second-order valence-corrected chi connectivity index (χ2v) is 6.73. The molecule has 0 atom stereocenters. The lowest BCUT2D eigenvalue weighted by Crippen LogP contribution is -2.49. The zero-order valence-corrected chi connectivity index (χ0v) is 15.2. The second kappa shape index (κ2) is 7.01. The van der Waals surface area contributed by atoms with Crippen molar-refractivity contribution in [3.63, 3.8) is 0 Å². The number of amides is 1. The van der Waals surface area contributed by atoms with Crippen LogP contribution in [0.4, 0.5) is 5.82 Å². The number of piperazine rings is 1. The minimum atomic E-state index is -0.117. The Morgan fingerprint density at radius 3 is 2.69 bits per heavy atom. The van der Waals surface area contributed by atoms with Crippen molar-refractivity contribution in [1.29, 1.82) is 0 Å². The van der Waals surface area contributed by atoms with Crippen molar-refractivity contribution in [3.05, 3.63) is 52.5 Å². The van der Waals surface area contributed by atoms with Crippen molar-refractivity contribution in [2.45, 2.75) is 0 Å². The zero-order chi connectivity index (χ0) is 18.1. The monoisotopic (exact) mass is 391 g/mol. The molecule has 1 aliphatic rings. The quantitative estimate of drug-likeness (QED) is 0.740. The molecule has 4 heterocycles. The average molecular weight is 392 g/mol. The number of nitrogens with one attached hydrogen (secondary N) is 1. The number of H-pyrrole nitrogens is 1. The first-order chi connectivity index (χ1) is 12.6. The predicted octanol–water partition coefficient (Wildman–Crippen LogP) is 3.33. The molecule has 3 aromatic rings. The Hall–Kier alpha value is -2.51. The predicted molar refractivity (Wildman–Crippen MR) is 98.7 cm³/mol. The molecule has 9 heteroatoms. The fourth-order valence-electron chi connectivity index (χ4n) is 2.91. The number of anilines is 1. The topological polar surface area (TPSA) is 78.3 Å². The van der Waals surface area contributed by atoms with E-state index in [1.54, 1.807) is 35.6 Å². The van der Waals surface area contributed by atoms with Gasteiger partial charge in [0.1, 0.15) is 11.5 Å². The molecule has 3 aromatic heterocycles. The van der Waals surface area contributed by atoms with Gasteiger partial charge in [-0.15, -0.1) is 0 Å². The number of carbonyl (C=O) groups excluding carboxylic acids is 1. The molecule has 26 heavy (non-hydrogen) atoms. The fraction of sp³-hybridized carbons (Fsp3) is 0.235. The molecule has 1 saturated heterocycles. The standard InChI is InChI=1S/C17H15Cl2N5O2/c18-11-8-12(19)16(20-10-11)23-3-5-24(6-4-23)17(25)14-9-13(21-22-14)15-2-1-7-26-15/h1-2,7-10H,3-6H2,(H,21,22). The summed E-state index contributed by atoms with van der Waals surface area (Å²) in [5.74, 6) is 1.21. The highest BCUT2D eigenvalue weighted by Crippen LogP contribution is 2.27. The molecule has 1 amide bonds. The van der Waals surface area contributed by atoms with Gasteiger partial charge in [-0.3, -0.25) is 9.89 Å². The minimum absolute atomic E-state index is 0.117. The van der Waals surface area contributed by atoms with Crippen LogP contribution in [0.2, 0.25) is 10.0 Å². The largest absolute Gasteiger partial charge is 0.463 e. The number of carbonyl (C=O) groups is 1. The Morgan fingerprint density at radius 1 is 1.19 bits per heavy atom. The summed E-state index contributed by atoms with van der Waals surface area (Å²) in [7, 11) is 0. The van der Waals surface area contributed by atoms with Gasteiger partial charge in [0, 0.05) is 38.4 Å². The van der Waals surface area contributed by atoms with E-state index in [9.17, 15) is 4.79 Å². The lowest BCUT2D eigenvalue weighted by Gasteiger charge is -2.35. The number of aromatic amines is 1. The second-order valence-electron chi connectivity index (χ2n) is 5.88. The van der Waals surface area contributed by atoms with E-state index >= 15 is 0 Å². The first-order valence-corrected chi connectivity index (χ1v) is 8.82. The number of halogens is 2. The smallest absolute Gasteiger partial charge is 0.274 e. The van der Waals surface area contributed by atoms with Gasteiger partial charge in [0.2, 0.25) is 0 Å². The van der Waals surface area contributed by atoms with Gasteiger partial charge < -0.3 is 14.2 Å². The Kier molecular flexibility index (Phi) is 4.57. The number of aromatic nitrogens is 3. The van der Waals surface area contributed by atoms with E-state index in [4.69, 9.17) is 27.6 Å². The van der Waals surface area contributed by atoms with Gasteiger partial charge in [-0.25, -0.2) is 4.98 Å². The van der Waals surface area contributed by atoms with Crippen LogP contribution in [0.3, 0.4) is 0 Å². The van der Waals surface area contributed by atoms with Crippen molar-refractivity contribution in [2.24, 2.45) is 0 Å². The van der Waals surface area contributed by atoms with Crippen molar-refractivity contribution in [1.82, 2.24) is 20.1 Å². The van der Waals surface area contributed by atoms with E-state index < -0.39 is 0 Å². The van der Waals surface area contributed by atoms with Gasteiger partial charge in [0.25, 0.3) is 5.91 Å².